The van der Waals surface area contributed by atoms with Crippen LogP contribution in [0, 0.1) is 5.92 Å². The fourth-order valence-electron chi connectivity index (χ4n) is 5.07. The third-order valence-corrected chi connectivity index (χ3v) is 6.84. The molecule has 1 aromatic heterocycles. The van der Waals surface area contributed by atoms with Crippen LogP contribution >= 0.6 is 0 Å². The summed E-state index contributed by atoms with van der Waals surface area (Å²) < 4.78 is 35.8. The molecule has 5 rings (SSSR count). The van der Waals surface area contributed by atoms with E-state index in [2.05, 4.69) is 19.8 Å². The Hall–Kier alpha value is -3.96. The number of urea groups is 1. The van der Waals surface area contributed by atoms with Gasteiger partial charge in [0.25, 0.3) is 0 Å². The predicted octanol–water partition coefficient (Wildman–Crippen LogP) is 2.30. The van der Waals surface area contributed by atoms with Crippen molar-refractivity contribution >= 4 is 23.7 Å². The first-order chi connectivity index (χ1) is 17.2. The average molecular weight is 501 g/mol. The number of fused-ring (bicyclic) bond motifs is 1. The highest BCUT2D eigenvalue weighted by molar-refractivity contribution is 6.08. The Balaban J connectivity index is 1.29. The van der Waals surface area contributed by atoms with Crippen LogP contribution in [-0.4, -0.2) is 65.1 Å². The van der Waals surface area contributed by atoms with Crippen molar-refractivity contribution in [1.82, 2.24) is 14.8 Å². The van der Waals surface area contributed by atoms with Crippen LogP contribution in [-0.2, 0) is 16.0 Å². The average Bonchev–Trinajstić information content (AvgIpc) is 3.18. The van der Waals surface area contributed by atoms with Gasteiger partial charge >= 0.3 is 12.3 Å². The number of likely N-dealkylation sites (tertiary alicyclic amines) is 2. The summed E-state index contributed by atoms with van der Waals surface area (Å²) in [4.78, 5) is 45.1. The molecule has 1 aromatic carbocycles. The number of aromatic nitrogens is 1. The Bertz CT molecular complexity index is 1230. The number of benzene rings is 1. The van der Waals surface area contributed by atoms with Gasteiger partial charge in [-0.2, -0.15) is 0 Å². The number of pyridine rings is 1. The number of rotatable bonds is 5. The highest BCUT2D eigenvalue weighted by Gasteiger charge is 2.54. The maximum absolute atomic E-state index is 13.4. The number of alkyl halides is 2. The molecule has 2 fully saturated rings. The lowest BCUT2D eigenvalue weighted by Gasteiger charge is -2.46. The van der Waals surface area contributed by atoms with E-state index in [0.717, 1.165) is 10.5 Å². The molecule has 4 amide bonds. The second-order valence-corrected chi connectivity index (χ2v) is 9.11. The largest absolute Gasteiger partial charge is 0.586 e. The van der Waals surface area contributed by atoms with Crippen molar-refractivity contribution in [3.63, 3.8) is 0 Å². The van der Waals surface area contributed by atoms with Crippen molar-refractivity contribution < 1.29 is 32.6 Å². The van der Waals surface area contributed by atoms with Crippen molar-refractivity contribution in [1.29, 1.82) is 0 Å². The number of hydrogen-bond donors (Lipinski definition) is 2. The number of β-lactam (4-membered cyclic amide) rings is 1. The Kier molecular flexibility index (Phi) is 5.89. The zero-order valence-corrected chi connectivity index (χ0v) is 19.4. The fraction of sp³-hybridized carbons (Fsp3) is 0.417. The minimum Gasteiger partial charge on any atom is -0.395 e. The molecule has 1 unspecified atom stereocenters. The Labute approximate surface area is 205 Å². The van der Waals surface area contributed by atoms with Crippen LogP contribution in [0.2, 0.25) is 0 Å². The van der Waals surface area contributed by atoms with Gasteiger partial charge in [0.15, 0.2) is 11.5 Å². The molecule has 2 saturated heterocycles. The Morgan fingerprint density at radius 2 is 2.00 bits per heavy atom. The van der Waals surface area contributed by atoms with Crippen LogP contribution in [0.5, 0.6) is 11.5 Å². The van der Waals surface area contributed by atoms with Gasteiger partial charge in [-0.1, -0.05) is 6.07 Å². The normalized spacial score (nSPS) is 24.3. The lowest BCUT2D eigenvalue weighted by Crippen LogP contribution is -2.70. The summed E-state index contributed by atoms with van der Waals surface area (Å²) in [5, 5.41) is 2.92. The SMILES string of the molecule is CNc1cc(C[C@H]2C(=O)N(C(=O)N3CCCC(c4ccc5c(c4)OC(F)(F)O5)C3)[C@@H]2C(N)=O)ccn1. The zero-order chi connectivity index (χ0) is 25.6. The Morgan fingerprint density at radius 1 is 1.22 bits per heavy atom. The minimum absolute atomic E-state index is 0.0509. The van der Waals surface area contributed by atoms with E-state index in [4.69, 9.17) is 5.73 Å². The number of nitrogens with zero attached hydrogens (tertiary/aromatic N) is 3. The van der Waals surface area contributed by atoms with Crippen molar-refractivity contribution in [2.24, 2.45) is 11.7 Å². The van der Waals surface area contributed by atoms with E-state index in [0.29, 0.717) is 30.8 Å². The van der Waals surface area contributed by atoms with E-state index in [1.807, 2.05) is 0 Å². The number of nitrogens with two attached hydrogens (primary N) is 1. The molecule has 4 heterocycles. The molecular weight excluding hydrogens is 476 g/mol. The van der Waals surface area contributed by atoms with Crippen LogP contribution in [0.15, 0.2) is 36.5 Å². The van der Waals surface area contributed by atoms with Crippen LogP contribution < -0.4 is 20.5 Å². The number of anilines is 1. The smallest absolute Gasteiger partial charge is 0.395 e. The number of imide groups is 1. The number of carbonyl (C=O) groups is 3. The van der Waals surface area contributed by atoms with Crippen molar-refractivity contribution in [2.45, 2.75) is 37.5 Å². The Morgan fingerprint density at radius 3 is 2.75 bits per heavy atom. The fourth-order valence-corrected chi connectivity index (χ4v) is 5.07. The lowest BCUT2D eigenvalue weighted by molar-refractivity contribution is -0.286. The molecule has 3 atom stereocenters. The summed E-state index contributed by atoms with van der Waals surface area (Å²) in [7, 11) is 1.72. The van der Waals surface area contributed by atoms with Gasteiger partial charge in [-0.15, -0.1) is 8.78 Å². The number of halogens is 2. The summed E-state index contributed by atoms with van der Waals surface area (Å²) in [5.41, 5.74) is 7.10. The predicted molar refractivity (Wildman–Crippen MR) is 122 cm³/mol. The van der Waals surface area contributed by atoms with E-state index in [-0.39, 0.29) is 30.4 Å². The molecule has 36 heavy (non-hydrogen) atoms. The molecule has 190 valence electrons. The molecule has 3 aliphatic heterocycles. The van der Waals surface area contributed by atoms with Crippen LogP contribution in [0.3, 0.4) is 0 Å². The topological polar surface area (TPSA) is 127 Å². The van der Waals surface area contributed by atoms with E-state index >= 15 is 0 Å². The summed E-state index contributed by atoms with van der Waals surface area (Å²) in [6.45, 7) is 0.651. The molecular formula is C24H25F2N5O5. The number of carbonyl (C=O) groups excluding carboxylic acids is 3. The highest BCUT2D eigenvalue weighted by Crippen LogP contribution is 2.43. The molecule has 3 aliphatic rings. The minimum atomic E-state index is -3.71. The summed E-state index contributed by atoms with van der Waals surface area (Å²) in [6.07, 6.45) is -0.517. The number of primary amides is 1. The number of piperidine rings is 1. The molecule has 2 aromatic rings. The molecule has 0 aliphatic carbocycles. The molecule has 12 heteroatoms. The first-order valence-corrected chi connectivity index (χ1v) is 11.6. The van der Waals surface area contributed by atoms with E-state index in [1.54, 1.807) is 31.4 Å². The number of ether oxygens (including phenoxy) is 2. The molecule has 0 radical (unpaired) electrons. The van der Waals surface area contributed by atoms with Crippen LogP contribution in [0.4, 0.5) is 19.4 Å². The van der Waals surface area contributed by atoms with Gasteiger partial charge in [-0.05, 0) is 54.7 Å². The molecule has 10 nitrogen and oxygen atoms in total. The van der Waals surface area contributed by atoms with Gasteiger partial charge in [0.2, 0.25) is 11.8 Å². The third-order valence-electron chi connectivity index (χ3n) is 6.84. The number of nitrogens with one attached hydrogen (secondary N) is 1. The maximum Gasteiger partial charge on any atom is 0.586 e. The summed E-state index contributed by atoms with van der Waals surface area (Å²) in [6, 6.07) is 6.44. The van der Waals surface area contributed by atoms with Gasteiger partial charge in [0.1, 0.15) is 11.9 Å². The van der Waals surface area contributed by atoms with E-state index in [1.165, 1.54) is 17.0 Å². The van der Waals surface area contributed by atoms with Gasteiger partial charge in [0, 0.05) is 32.3 Å². The first-order valence-electron chi connectivity index (χ1n) is 11.6. The van der Waals surface area contributed by atoms with E-state index < -0.39 is 36.1 Å². The first kappa shape index (κ1) is 23.8. The van der Waals surface area contributed by atoms with Crippen molar-refractivity contribution in [3.8, 4) is 11.5 Å². The summed E-state index contributed by atoms with van der Waals surface area (Å²) >= 11 is 0. The quantitative estimate of drug-likeness (QED) is 0.602. The van der Waals surface area contributed by atoms with Crippen molar-refractivity contribution in [3.05, 3.63) is 47.7 Å². The van der Waals surface area contributed by atoms with Gasteiger partial charge in [-0.25, -0.2) is 9.78 Å². The summed E-state index contributed by atoms with van der Waals surface area (Å²) in [5.74, 6) is -1.61. The maximum atomic E-state index is 13.4. The van der Waals surface area contributed by atoms with Crippen LogP contribution in [0.25, 0.3) is 0 Å². The van der Waals surface area contributed by atoms with Gasteiger partial charge in [0.05, 0.1) is 5.92 Å². The van der Waals surface area contributed by atoms with Gasteiger partial charge < -0.3 is 25.4 Å². The lowest BCUT2D eigenvalue weighted by atomic mass is 9.82. The molecule has 3 N–H and O–H groups in total. The molecule has 0 spiro atoms. The van der Waals surface area contributed by atoms with Crippen LogP contribution in [0.1, 0.15) is 29.9 Å². The second-order valence-electron chi connectivity index (χ2n) is 9.11. The monoisotopic (exact) mass is 501 g/mol. The van der Waals surface area contributed by atoms with Gasteiger partial charge in [-0.3, -0.25) is 14.5 Å². The zero-order valence-electron chi connectivity index (χ0n) is 19.4. The molecule has 0 bridgehead atoms. The van der Waals surface area contributed by atoms with Crippen molar-refractivity contribution in [2.75, 3.05) is 25.5 Å². The molecule has 0 saturated carbocycles. The third kappa shape index (κ3) is 4.27. The standard InChI is InChI=1S/C24H25F2N5O5/c1-28-19-10-13(6-7-29-19)9-16-20(21(27)32)31(22(16)33)23(34)30-8-2-3-15(12-30)14-4-5-17-18(11-14)36-24(25,26)35-17/h4-7,10-11,15-16,20H,2-3,8-9,12H2,1H3,(H2,27,32)(H,28,29)/t15?,16-,20+/m1/s1. The highest BCUT2D eigenvalue weighted by atomic mass is 19.3. The number of amides is 4. The van der Waals surface area contributed by atoms with E-state index in [9.17, 15) is 23.2 Å². The second kappa shape index (κ2) is 8.92. The number of hydrogen-bond acceptors (Lipinski definition) is 7.